The minimum atomic E-state index is 0.0656. The van der Waals surface area contributed by atoms with Crippen LogP contribution >= 0.6 is 0 Å². The monoisotopic (exact) mass is 243 g/mol. The van der Waals surface area contributed by atoms with Crippen LogP contribution in [0.15, 0.2) is 0 Å². The van der Waals surface area contributed by atoms with Gasteiger partial charge in [0, 0.05) is 25.7 Å². The van der Waals surface area contributed by atoms with Gasteiger partial charge in [0.2, 0.25) is 5.91 Å². The van der Waals surface area contributed by atoms with E-state index in [0.29, 0.717) is 19.1 Å². The minimum absolute atomic E-state index is 0.0656. The second kappa shape index (κ2) is 7.63. The number of rotatable bonds is 6. The molecular weight excluding hydrogens is 218 g/mol. The predicted octanol–water partition coefficient (Wildman–Crippen LogP) is -0.489. The number of amides is 1. The van der Waals surface area contributed by atoms with Crippen LogP contribution in [0.1, 0.15) is 19.8 Å². The lowest BCUT2D eigenvalue weighted by molar-refractivity contribution is -0.123. The third-order valence-electron chi connectivity index (χ3n) is 3.30. The van der Waals surface area contributed by atoms with Crippen molar-refractivity contribution in [1.29, 1.82) is 0 Å². The first-order valence-electron chi connectivity index (χ1n) is 6.46. The molecule has 5 nitrogen and oxygen atoms in total. The minimum Gasteiger partial charge on any atom is -0.395 e. The topological polar surface area (TPSA) is 55.8 Å². The van der Waals surface area contributed by atoms with Crippen molar-refractivity contribution in [3.05, 3.63) is 0 Å². The van der Waals surface area contributed by atoms with Crippen molar-refractivity contribution in [1.82, 2.24) is 15.1 Å². The Kier molecular flexibility index (Phi) is 6.47. The van der Waals surface area contributed by atoms with Crippen LogP contribution < -0.4 is 5.32 Å². The Hall–Kier alpha value is -0.650. The molecule has 0 saturated carbocycles. The van der Waals surface area contributed by atoms with Gasteiger partial charge in [0.15, 0.2) is 0 Å². The lowest BCUT2D eigenvalue weighted by Gasteiger charge is -2.31. The molecule has 1 saturated heterocycles. The van der Waals surface area contributed by atoms with Crippen LogP contribution in [0.25, 0.3) is 0 Å². The number of likely N-dealkylation sites (N-methyl/N-ethyl adjacent to an activating group) is 1. The zero-order chi connectivity index (χ0) is 12.7. The predicted molar refractivity (Wildman–Crippen MR) is 67.9 cm³/mol. The van der Waals surface area contributed by atoms with Gasteiger partial charge in [0.05, 0.1) is 13.2 Å². The molecule has 1 rings (SSSR count). The van der Waals surface area contributed by atoms with Gasteiger partial charge < -0.3 is 15.3 Å². The Bertz CT molecular complexity index is 228. The standard InChI is InChI=1S/C12H25N3O2/c1-3-15-6-4-11(5-7-15)13-12(17)10-14(2)8-9-16/h11,16H,3-10H2,1-2H3,(H,13,17). The van der Waals surface area contributed by atoms with Crippen molar-refractivity contribution in [2.75, 3.05) is 46.4 Å². The maximum absolute atomic E-state index is 11.7. The molecule has 1 heterocycles. The average molecular weight is 243 g/mol. The SMILES string of the molecule is CCN1CCC(NC(=O)CN(C)CCO)CC1. The first-order chi connectivity index (χ1) is 8.15. The van der Waals surface area contributed by atoms with Crippen LogP contribution in [0.4, 0.5) is 0 Å². The normalized spacial score (nSPS) is 18.6. The molecule has 0 radical (unpaired) electrons. The number of aliphatic hydroxyl groups is 1. The van der Waals surface area contributed by atoms with E-state index < -0.39 is 0 Å². The van der Waals surface area contributed by atoms with Gasteiger partial charge in [-0.15, -0.1) is 0 Å². The van der Waals surface area contributed by atoms with Gasteiger partial charge >= 0.3 is 0 Å². The summed E-state index contributed by atoms with van der Waals surface area (Å²) in [5.74, 6) is 0.0656. The third-order valence-corrected chi connectivity index (χ3v) is 3.30. The van der Waals surface area contributed by atoms with Gasteiger partial charge in [-0.25, -0.2) is 0 Å². The molecule has 1 amide bonds. The van der Waals surface area contributed by atoms with Crippen LogP contribution in [-0.4, -0.2) is 73.2 Å². The largest absolute Gasteiger partial charge is 0.395 e. The summed E-state index contributed by atoms with van der Waals surface area (Å²) < 4.78 is 0. The summed E-state index contributed by atoms with van der Waals surface area (Å²) in [6.07, 6.45) is 2.09. The Morgan fingerprint density at radius 3 is 2.65 bits per heavy atom. The highest BCUT2D eigenvalue weighted by Gasteiger charge is 2.19. The lowest BCUT2D eigenvalue weighted by atomic mass is 10.1. The maximum atomic E-state index is 11.7. The van der Waals surface area contributed by atoms with Crippen LogP contribution in [0.2, 0.25) is 0 Å². The molecular formula is C12H25N3O2. The van der Waals surface area contributed by atoms with E-state index in [9.17, 15) is 4.79 Å². The molecule has 0 spiro atoms. The van der Waals surface area contributed by atoms with Gasteiger partial charge in [-0.2, -0.15) is 0 Å². The van der Waals surface area contributed by atoms with Crippen molar-refractivity contribution in [3.8, 4) is 0 Å². The Labute approximate surface area is 104 Å². The van der Waals surface area contributed by atoms with E-state index in [4.69, 9.17) is 5.11 Å². The first-order valence-corrected chi connectivity index (χ1v) is 6.46. The Morgan fingerprint density at radius 2 is 2.12 bits per heavy atom. The molecule has 0 unspecified atom stereocenters. The van der Waals surface area contributed by atoms with Crippen molar-refractivity contribution >= 4 is 5.91 Å². The third kappa shape index (κ3) is 5.48. The summed E-state index contributed by atoms with van der Waals surface area (Å²) in [5, 5.41) is 11.8. The number of nitrogens with one attached hydrogen (secondary N) is 1. The number of aliphatic hydroxyl groups excluding tert-OH is 1. The maximum Gasteiger partial charge on any atom is 0.234 e. The fourth-order valence-corrected chi connectivity index (χ4v) is 2.16. The average Bonchev–Trinajstić information content (AvgIpc) is 2.30. The number of hydrogen-bond acceptors (Lipinski definition) is 4. The highest BCUT2D eigenvalue weighted by atomic mass is 16.3. The van der Waals surface area contributed by atoms with E-state index in [-0.39, 0.29) is 12.5 Å². The molecule has 0 bridgehead atoms. The molecule has 1 aliphatic rings. The summed E-state index contributed by atoms with van der Waals surface area (Å²) in [6, 6.07) is 0.327. The van der Waals surface area contributed by atoms with Gasteiger partial charge in [0.1, 0.15) is 0 Å². The van der Waals surface area contributed by atoms with E-state index in [1.54, 1.807) is 0 Å². The van der Waals surface area contributed by atoms with Gasteiger partial charge in [-0.1, -0.05) is 6.92 Å². The van der Waals surface area contributed by atoms with Crippen molar-refractivity contribution in [2.24, 2.45) is 0 Å². The van der Waals surface area contributed by atoms with Crippen LogP contribution in [0, 0.1) is 0 Å². The second-order valence-electron chi connectivity index (χ2n) is 4.74. The molecule has 17 heavy (non-hydrogen) atoms. The molecule has 0 aromatic carbocycles. The smallest absolute Gasteiger partial charge is 0.234 e. The Morgan fingerprint density at radius 1 is 1.47 bits per heavy atom. The molecule has 0 aromatic heterocycles. The number of piperidine rings is 1. The molecule has 1 fully saturated rings. The summed E-state index contributed by atoms with van der Waals surface area (Å²) in [7, 11) is 1.84. The molecule has 5 heteroatoms. The van der Waals surface area contributed by atoms with Gasteiger partial charge in [-0.3, -0.25) is 9.69 Å². The van der Waals surface area contributed by atoms with E-state index in [2.05, 4.69) is 17.1 Å². The highest BCUT2D eigenvalue weighted by molar-refractivity contribution is 5.78. The number of carbonyl (C=O) groups is 1. The van der Waals surface area contributed by atoms with Crippen molar-refractivity contribution in [3.63, 3.8) is 0 Å². The summed E-state index contributed by atoms with van der Waals surface area (Å²) >= 11 is 0. The zero-order valence-electron chi connectivity index (χ0n) is 11.0. The van der Waals surface area contributed by atoms with Crippen molar-refractivity contribution in [2.45, 2.75) is 25.8 Å². The van der Waals surface area contributed by atoms with E-state index in [1.165, 1.54) is 0 Å². The van der Waals surface area contributed by atoms with E-state index in [1.807, 2.05) is 11.9 Å². The molecule has 0 atom stereocenters. The Balaban J connectivity index is 2.19. The lowest BCUT2D eigenvalue weighted by Crippen LogP contribution is -2.47. The number of likely N-dealkylation sites (tertiary alicyclic amines) is 1. The summed E-state index contributed by atoms with van der Waals surface area (Å²) in [5.41, 5.74) is 0. The fourth-order valence-electron chi connectivity index (χ4n) is 2.16. The van der Waals surface area contributed by atoms with E-state index in [0.717, 1.165) is 32.5 Å². The summed E-state index contributed by atoms with van der Waals surface area (Å²) in [6.45, 7) is 6.43. The molecule has 0 aliphatic carbocycles. The fraction of sp³-hybridized carbons (Fsp3) is 0.917. The van der Waals surface area contributed by atoms with Crippen LogP contribution in [-0.2, 0) is 4.79 Å². The number of hydrogen-bond donors (Lipinski definition) is 2. The highest BCUT2D eigenvalue weighted by Crippen LogP contribution is 2.09. The van der Waals surface area contributed by atoms with Gasteiger partial charge in [-0.05, 0) is 26.4 Å². The molecule has 1 aliphatic heterocycles. The number of nitrogens with zero attached hydrogens (tertiary/aromatic N) is 2. The second-order valence-corrected chi connectivity index (χ2v) is 4.74. The quantitative estimate of drug-likeness (QED) is 0.661. The van der Waals surface area contributed by atoms with Crippen molar-refractivity contribution < 1.29 is 9.90 Å². The van der Waals surface area contributed by atoms with E-state index >= 15 is 0 Å². The summed E-state index contributed by atoms with van der Waals surface area (Å²) in [4.78, 5) is 15.9. The zero-order valence-corrected chi connectivity index (χ0v) is 11.0. The van der Waals surface area contributed by atoms with Crippen LogP contribution in [0.5, 0.6) is 0 Å². The number of carbonyl (C=O) groups excluding carboxylic acids is 1. The molecule has 2 N–H and O–H groups in total. The first kappa shape index (κ1) is 14.4. The van der Waals surface area contributed by atoms with Crippen LogP contribution in [0.3, 0.4) is 0 Å². The van der Waals surface area contributed by atoms with Gasteiger partial charge in [0.25, 0.3) is 0 Å². The molecule has 100 valence electrons. The molecule has 0 aromatic rings.